The molecule has 5 nitrogen and oxygen atoms in total. The van der Waals surface area contributed by atoms with Crippen molar-refractivity contribution in [3.8, 4) is 0 Å². The molecule has 154 valence electrons. The molecule has 0 spiro atoms. The fourth-order valence-corrected chi connectivity index (χ4v) is 2.89. The minimum atomic E-state index is -0.452. The van der Waals surface area contributed by atoms with Crippen molar-refractivity contribution in [2.45, 2.75) is 12.8 Å². The number of rotatable bonds is 8. The lowest BCUT2D eigenvalue weighted by molar-refractivity contribution is 0.0945. The number of amides is 2. The quantitative estimate of drug-likeness (QED) is 0.600. The molecule has 30 heavy (non-hydrogen) atoms. The highest BCUT2D eigenvalue weighted by Crippen LogP contribution is 2.08. The summed E-state index contributed by atoms with van der Waals surface area (Å²) in [6.45, 7) is 0.473. The van der Waals surface area contributed by atoms with Gasteiger partial charge in [0, 0.05) is 13.1 Å². The van der Waals surface area contributed by atoms with Gasteiger partial charge in [-0.1, -0.05) is 42.5 Å². The maximum atomic E-state index is 13.6. The summed E-state index contributed by atoms with van der Waals surface area (Å²) in [7, 11) is 0. The van der Waals surface area contributed by atoms with E-state index >= 15 is 0 Å². The molecular formula is C23H21F2N3O2. The highest BCUT2D eigenvalue weighted by atomic mass is 19.1. The van der Waals surface area contributed by atoms with E-state index in [4.69, 9.17) is 0 Å². The first-order valence-corrected chi connectivity index (χ1v) is 9.55. The van der Waals surface area contributed by atoms with Crippen LogP contribution in [0.4, 0.5) is 8.78 Å². The van der Waals surface area contributed by atoms with Crippen LogP contribution in [0.3, 0.4) is 0 Å². The van der Waals surface area contributed by atoms with Crippen LogP contribution in [0.15, 0.2) is 66.7 Å². The Morgan fingerprint density at radius 3 is 1.53 bits per heavy atom. The van der Waals surface area contributed by atoms with Crippen LogP contribution in [-0.2, 0) is 12.8 Å². The summed E-state index contributed by atoms with van der Waals surface area (Å²) in [4.78, 5) is 28.7. The van der Waals surface area contributed by atoms with Gasteiger partial charge in [-0.25, -0.2) is 13.8 Å². The van der Waals surface area contributed by atoms with E-state index in [1.807, 2.05) is 0 Å². The van der Waals surface area contributed by atoms with Gasteiger partial charge in [0.15, 0.2) is 0 Å². The first-order chi connectivity index (χ1) is 14.5. The van der Waals surface area contributed by atoms with Crippen molar-refractivity contribution in [1.29, 1.82) is 0 Å². The van der Waals surface area contributed by atoms with Gasteiger partial charge < -0.3 is 10.6 Å². The van der Waals surface area contributed by atoms with Gasteiger partial charge in [0.05, 0.1) is 0 Å². The topological polar surface area (TPSA) is 71.1 Å². The van der Waals surface area contributed by atoms with Crippen molar-refractivity contribution in [2.24, 2.45) is 0 Å². The lowest BCUT2D eigenvalue weighted by atomic mass is 10.1. The average molecular weight is 409 g/mol. The molecule has 0 aliphatic rings. The Labute approximate surface area is 173 Å². The van der Waals surface area contributed by atoms with Gasteiger partial charge in [0.1, 0.15) is 23.0 Å². The molecule has 0 aliphatic heterocycles. The zero-order chi connectivity index (χ0) is 21.3. The molecule has 0 saturated carbocycles. The molecule has 2 N–H and O–H groups in total. The predicted molar refractivity (Wildman–Crippen MR) is 109 cm³/mol. The summed E-state index contributed by atoms with van der Waals surface area (Å²) in [5.41, 5.74) is 1.19. The molecule has 7 heteroatoms. The number of carbonyl (C=O) groups is 2. The van der Waals surface area contributed by atoms with Crippen LogP contribution in [0, 0.1) is 11.6 Å². The lowest BCUT2D eigenvalue weighted by Gasteiger charge is -2.08. The van der Waals surface area contributed by atoms with Gasteiger partial charge in [0.25, 0.3) is 11.8 Å². The predicted octanol–water partition coefficient (Wildman–Crippen LogP) is 3.30. The standard InChI is InChI=1S/C23H21F2N3O2/c24-18-8-3-1-6-16(18)12-14-26-22(29)20-10-5-11-21(28-20)23(30)27-15-13-17-7-2-4-9-19(17)25/h1-11H,12-15H2,(H,26,29)(H,27,30). The molecular weight excluding hydrogens is 388 g/mol. The number of benzene rings is 2. The van der Waals surface area contributed by atoms with Crippen LogP contribution in [0.1, 0.15) is 32.1 Å². The first-order valence-electron chi connectivity index (χ1n) is 9.55. The fraction of sp³-hybridized carbons (Fsp3) is 0.174. The zero-order valence-corrected chi connectivity index (χ0v) is 16.2. The summed E-state index contributed by atoms with van der Waals surface area (Å²) in [5.74, 6) is -1.54. The van der Waals surface area contributed by atoms with Crippen LogP contribution >= 0.6 is 0 Å². The Kier molecular flexibility index (Phi) is 7.21. The van der Waals surface area contributed by atoms with Crippen LogP contribution in [0.2, 0.25) is 0 Å². The molecule has 1 aromatic heterocycles. The van der Waals surface area contributed by atoms with Crippen LogP contribution in [0.25, 0.3) is 0 Å². The third-order valence-electron chi connectivity index (χ3n) is 4.49. The molecule has 3 rings (SSSR count). The number of aromatic nitrogens is 1. The van der Waals surface area contributed by atoms with Gasteiger partial charge in [-0.15, -0.1) is 0 Å². The van der Waals surface area contributed by atoms with Crippen LogP contribution < -0.4 is 10.6 Å². The molecule has 0 bridgehead atoms. The molecule has 2 amide bonds. The largest absolute Gasteiger partial charge is 0.350 e. The summed E-state index contributed by atoms with van der Waals surface area (Å²) in [5, 5.41) is 5.34. The maximum absolute atomic E-state index is 13.6. The second-order valence-electron chi connectivity index (χ2n) is 6.60. The molecule has 2 aromatic carbocycles. The smallest absolute Gasteiger partial charge is 0.269 e. The second kappa shape index (κ2) is 10.2. The van der Waals surface area contributed by atoms with Crippen molar-refractivity contribution < 1.29 is 18.4 Å². The molecule has 0 aliphatic carbocycles. The minimum Gasteiger partial charge on any atom is -0.350 e. The van der Waals surface area contributed by atoms with E-state index in [1.165, 1.54) is 24.3 Å². The van der Waals surface area contributed by atoms with Crippen molar-refractivity contribution >= 4 is 11.8 Å². The van der Waals surface area contributed by atoms with Crippen molar-refractivity contribution in [1.82, 2.24) is 15.6 Å². The van der Waals surface area contributed by atoms with E-state index in [0.29, 0.717) is 24.0 Å². The number of carbonyl (C=O) groups excluding carboxylic acids is 2. The second-order valence-corrected chi connectivity index (χ2v) is 6.60. The Morgan fingerprint density at radius 2 is 1.10 bits per heavy atom. The number of nitrogens with one attached hydrogen (secondary N) is 2. The number of halogens is 2. The minimum absolute atomic E-state index is 0.0882. The number of nitrogens with zero attached hydrogens (tertiary/aromatic N) is 1. The zero-order valence-electron chi connectivity index (χ0n) is 16.2. The summed E-state index contributed by atoms with van der Waals surface area (Å²) < 4.78 is 27.2. The van der Waals surface area contributed by atoms with E-state index in [2.05, 4.69) is 15.6 Å². The van der Waals surface area contributed by atoms with Crippen LogP contribution in [-0.4, -0.2) is 29.9 Å². The maximum Gasteiger partial charge on any atom is 0.269 e. The van der Waals surface area contributed by atoms with Gasteiger partial charge >= 0.3 is 0 Å². The lowest BCUT2D eigenvalue weighted by Crippen LogP contribution is -2.29. The number of pyridine rings is 1. The summed E-state index contributed by atoms with van der Waals surface area (Å²) in [6.07, 6.45) is 0.684. The van der Waals surface area contributed by atoms with E-state index < -0.39 is 11.8 Å². The number of hydrogen-bond donors (Lipinski definition) is 2. The van der Waals surface area contributed by atoms with Crippen molar-refractivity contribution in [3.63, 3.8) is 0 Å². The Hall–Kier alpha value is -3.61. The van der Waals surface area contributed by atoms with Gasteiger partial charge in [-0.3, -0.25) is 9.59 Å². The third kappa shape index (κ3) is 5.70. The van der Waals surface area contributed by atoms with Gasteiger partial charge in [-0.2, -0.15) is 0 Å². The molecule has 0 fully saturated rings. The monoisotopic (exact) mass is 409 g/mol. The van der Waals surface area contributed by atoms with Gasteiger partial charge in [-0.05, 0) is 48.2 Å². The Morgan fingerprint density at radius 1 is 0.667 bits per heavy atom. The van der Waals surface area contributed by atoms with Crippen LogP contribution in [0.5, 0.6) is 0 Å². The van der Waals surface area contributed by atoms with E-state index in [1.54, 1.807) is 42.5 Å². The Balaban J connectivity index is 1.51. The molecule has 1 heterocycles. The third-order valence-corrected chi connectivity index (χ3v) is 4.49. The molecule has 0 saturated heterocycles. The van der Waals surface area contributed by atoms with E-state index in [0.717, 1.165) is 0 Å². The SMILES string of the molecule is O=C(NCCc1ccccc1F)c1cccc(C(=O)NCCc2ccccc2F)n1. The molecule has 0 atom stereocenters. The van der Waals surface area contributed by atoms with Crippen molar-refractivity contribution in [2.75, 3.05) is 13.1 Å². The molecule has 3 aromatic rings. The average Bonchev–Trinajstić information content (AvgIpc) is 2.76. The highest BCUT2D eigenvalue weighted by molar-refractivity contribution is 5.96. The van der Waals surface area contributed by atoms with E-state index in [9.17, 15) is 18.4 Å². The number of hydrogen-bond acceptors (Lipinski definition) is 3. The normalized spacial score (nSPS) is 10.5. The fourth-order valence-electron chi connectivity index (χ4n) is 2.89. The first kappa shape index (κ1) is 21.1. The molecule has 0 radical (unpaired) electrons. The highest BCUT2D eigenvalue weighted by Gasteiger charge is 2.12. The van der Waals surface area contributed by atoms with Crippen molar-refractivity contribution in [3.05, 3.63) is 101 Å². The van der Waals surface area contributed by atoms with E-state index in [-0.39, 0.29) is 36.1 Å². The Bertz CT molecular complexity index is 961. The summed E-state index contributed by atoms with van der Waals surface area (Å²) >= 11 is 0. The summed E-state index contributed by atoms with van der Waals surface area (Å²) in [6, 6.07) is 17.3. The van der Waals surface area contributed by atoms with Gasteiger partial charge in [0.2, 0.25) is 0 Å². The molecule has 0 unspecified atom stereocenters.